The topological polar surface area (TPSA) is 137 Å². The van der Waals surface area contributed by atoms with Crippen molar-refractivity contribution in [1.82, 2.24) is 5.32 Å². The molecule has 1 fully saturated rings. The van der Waals surface area contributed by atoms with Crippen LogP contribution >= 0.6 is 0 Å². The zero-order valence-electron chi connectivity index (χ0n) is 14.5. The number of esters is 3. The molecule has 0 saturated carbocycles. The van der Waals surface area contributed by atoms with Crippen LogP contribution < -0.4 is 5.32 Å². The minimum absolute atomic E-state index is 0.114. The first-order valence-electron chi connectivity index (χ1n) is 7.76. The van der Waals surface area contributed by atoms with Crippen LogP contribution in [0, 0.1) is 0 Å². The Hall–Kier alpha value is -2.20. The van der Waals surface area contributed by atoms with Crippen LogP contribution in [0.3, 0.4) is 0 Å². The quantitative estimate of drug-likeness (QED) is 0.452. The van der Waals surface area contributed by atoms with Crippen molar-refractivity contribution in [1.29, 1.82) is 0 Å². The summed E-state index contributed by atoms with van der Waals surface area (Å²) in [4.78, 5) is 45.4. The van der Waals surface area contributed by atoms with Gasteiger partial charge in [-0.1, -0.05) is 6.92 Å². The fourth-order valence-corrected chi connectivity index (χ4v) is 2.29. The predicted molar refractivity (Wildman–Crippen MR) is 80.8 cm³/mol. The summed E-state index contributed by atoms with van der Waals surface area (Å²) < 4.78 is 20.4. The van der Waals surface area contributed by atoms with Crippen molar-refractivity contribution < 1.29 is 43.2 Å². The van der Waals surface area contributed by atoms with E-state index in [-0.39, 0.29) is 13.0 Å². The molecule has 10 heteroatoms. The maximum atomic E-state index is 11.7. The molecule has 0 radical (unpaired) electrons. The van der Waals surface area contributed by atoms with Crippen LogP contribution in [0.25, 0.3) is 0 Å². The summed E-state index contributed by atoms with van der Waals surface area (Å²) in [6.07, 6.45) is -5.01. The summed E-state index contributed by atoms with van der Waals surface area (Å²) in [7, 11) is 0. The third-order valence-corrected chi connectivity index (χ3v) is 3.36. The third kappa shape index (κ3) is 6.31. The van der Waals surface area contributed by atoms with Gasteiger partial charge in [0.1, 0.15) is 24.9 Å². The lowest BCUT2D eigenvalue weighted by atomic mass is 9.96. The molecule has 0 aliphatic carbocycles. The molecule has 2 N–H and O–H groups in total. The standard InChI is InChI=1S/C15H23NO9/c1-5-11(20)16-12-14(23-8(3)18)13(21)10(6-22-7(2)17)25-15(12)24-9(4)19/h10,12-15,21H,5-6H2,1-4H3,(H,16,20). The minimum Gasteiger partial charge on any atom is -0.463 e. The van der Waals surface area contributed by atoms with Crippen molar-refractivity contribution in [2.75, 3.05) is 6.61 Å². The number of aliphatic hydroxyl groups excluding tert-OH is 1. The molecule has 0 aromatic rings. The Labute approximate surface area is 144 Å². The summed E-state index contributed by atoms with van der Waals surface area (Å²) in [6.45, 7) is 4.69. The van der Waals surface area contributed by atoms with Gasteiger partial charge in [-0.25, -0.2) is 0 Å². The molecule has 142 valence electrons. The maximum absolute atomic E-state index is 11.7. The van der Waals surface area contributed by atoms with Gasteiger partial charge in [0.15, 0.2) is 6.10 Å². The van der Waals surface area contributed by atoms with Gasteiger partial charge >= 0.3 is 17.9 Å². The van der Waals surface area contributed by atoms with E-state index in [1.54, 1.807) is 6.92 Å². The van der Waals surface area contributed by atoms with E-state index in [0.717, 1.165) is 13.8 Å². The molecule has 25 heavy (non-hydrogen) atoms. The fraction of sp³-hybridized carbons (Fsp3) is 0.733. The lowest BCUT2D eigenvalue weighted by Gasteiger charge is -2.43. The van der Waals surface area contributed by atoms with E-state index in [1.165, 1.54) is 6.92 Å². The predicted octanol–water partition coefficient (Wildman–Crippen LogP) is -0.975. The summed E-state index contributed by atoms with van der Waals surface area (Å²) >= 11 is 0. The lowest BCUT2D eigenvalue weighted by Crippen LogP contribution is -2.66. The van der Waals surface area contributed by atoms with Gasteiger partial charge in [-0.3, -0.25) is 19.2 Å². The van der Waals surface area contributed by atoms with Gasteiger partial charge in [-0.2, -0.15) is 0 Å². The fourth-order valence-electron chi connectivity index (χ4n) is 2.29. The Morgan fingerprint density at radius 1 is 1.04 bits per heavy atom. The van der Waals surface area contributed by atoms with Crippen LogP contribution in [-0.4, -0.2) is 66.2 Å². The molecule has 5 atom stereocenters. The number of rotatable bonds is 6. The summed E-state index contributed by atoms with van der Waals surface area (Å²) in [5.41, 5.74) is 0. The van der Waals surface area contributed by atoms with E-state index in [1.807, 2.05) is 0 Å². The van der Waals surface area contributed by atoms with E-state index < -0.39 is 54.5 Å². The number of ether oxygens (including phenoxy) is 4. The van der Waals surface area contributed by atoms with Crippen LogP contribution in [0.1, 0.15) is 34.1 Å². The second-order valence-corrected chi connectivity index (χ2v) is 5.47. The molecule has 0 bridgehead atoms. The Balaban J connectivity index is 3.09. The highest BCUT2D eigenvalue weighted by Crippen LogP contribution is 2.25. The average Bonchev–Trinajstić information content (AvgIpc) is 2.50. The van der Waals surface area contributed by atoms with Crippen molar-refractivity contribution >= 4 is 23.8 Å². The number of aliphatic hydroxyl groups is 1. The van der Waals surface area contributed by atoms with Crippen molar-refractivity contribution in [3.8, 4) is 0 Å². The van der Waals surface area contributed by atoms with Gasteiger partial charge in [-0.15, -0.1) is 0 Å². The third-order valence-electron chi connectivity index (χ3n) is 3.36. The highest BCUT2D eigenvalue weighted by Gasteiger charge is 2.49. The van der Waals surface area contributed by atoms with E-state index in [4.69, 9.17) is 18.9 Å². The number of nitrogens with one attached hydrogen (secondary N) is 1. The summed E-state index contributed by atoms with van der Waals surface area (Å²) in [5, 5.41) is 12.9. The van der Waals surface area contributed by atoms with Crippen LogP contribution in [0.15, 0.2) is 0 Å². The molecule has 0 spiro atoms. The Morgan fingerprint density at radius 3 is 2.12 bits per heavy atom. The first-order valence-corrected chi connectivity index (χ1v) is 7.76. The number of carbonyl (C=O) groups is 4. The molecule has 1 rings (SSSR count). The molecule has 1 heterocycles. The molecule has 0 aromatic heterocycles. The van der Waals surface area contributed by atoms with E-state index in [9.17, 15) is 24.3 Å². The van der Waals surface area contributed by atoms with Crippen LogP contribution in [-0.2, 0) is 38.1 Å². The Kier molecular flexibility index (Phi) is 7.78. The van der Waals surface area contributed by atoms with Crippen LogP contribution in [0.5, 0.6) is 0 Å². The van der Waals surface area contributed by atoms with Crippen molar-refractivity contribution in [2.24, 2.45) is 0 Å². The number of amides is 1. The molecule has 10 nitrogen and oxygen atoms in total. The number of hydrogen-bond acceptors (Lipinski definition) is 9. The first-order chi connectivity index (χ1) is 11.6. The maximum Gasteiger partial charge on any atom is 0.305 e. The van der Waals surface area contributed by atoms with Crippen molar-refractivity contribution in [2.45, 2.75) is 64.8 Å². The highest BCUT2D eigenvalue weighted by atomic mass is 16.7. The summed E-state index contributed by atoms with van der Waals surface area (Å²) in [5.74, 6) is -2.45. The van der Waals surface area contributed by atoms with Gasteiger partial charge in [0.2, 0.25) is 12.2 Å². The monoisotopic (exact) mass is 361 g/mol. The zero-order valence-corrected chi connectivity index (χ0v) is 14.5. The molecule has 1 aliphatic heterocycles. The second-order valence-electron chi connectivity index (χ2n) is 5.47. The molecular weight excluding hydrogens is 338 g/mol. The van der Waals surface area contributed by atoms with Gasteiger partial charge in [0, 0.05) is 27.2 Å². The molecular formula is C15H23NO9. The zero-order chi connectivity index (χ0) is 19.1. The van der Waals surface area contributed by atoms with Gasteiger partial charge < -0.3 is 29.4 Å². The number of carbonyl (C=O) groups excluding carboxylic acids is 4. The largest absolute Gasteiger partial charge is 0.463 e. The Morgan fingerprint density at radius 2 is 1.64 bits per heavy atom. The lowest BCUT2D eigenvalue weighted by molar-refractivity contribution is -0.267. The van der Waals surface area contributed by atoms with Crippen LogP contribution in [0.2, 0.25) is 0 Å². The van der Waals surface area contributed by atoms with Crippen molar-refractivity contribution in [3.05, 3.63) is 0 Å². The number of hydrogen-bond donors (Lipinski definition) is 2. The minimum atomic E-state index is -1.42. The smallest absolute Gasteiger partial charge is 0.305 e. The van der Waals surface area contributed by atoms with Crippen LogP contribution in [0.4, 0.5) is 0 Å². The summed E-state index contributed by atoms with van der Waals surface area (Å²) in [6, 6.07) is -1.12. The van der Waals surface area contributed by atoms with Crippen molar-refractivity contribution in [3.63, 3.8) is 0 Å². The Bertz CT molecular complexity index is 521. The second kappa shape index (κ2) is 9.33. The normalized spacial score (nSPS) is 28.6. The average molecular weight is 361 g/mol. The first kappa shape index (κ1) is 20.8. The highest BCUT2D eigenvalue weighted by molar-refractivity contribution is 5.76. The van der Waals surface area contributed by atoms with Gasteiger partial charge in [0.25, 0.3) is 0 Å². The molecule has 1 saturated heterocycles. The molecule has 1 aliphatic rings. The van der Waals surface area contributed by atoms with E-state index in [2.05, 4.69) is 5.32 Å². The van der Waals surface area contributed by atoms with E-state index in [0.29, 0.717) is 0 Å². The van der Waals surface area contributed by atoms with E-state index >= 15 is 0 Å². The van der Waals surface area contributed by atoms with Gasteiger partial charge in [-0.05, 0) is 0 Å². The molecule has 1 amide bonds. The SMILES string of the molecule is CCC(=O)NC1C(OC(C)=O)OC(COC(C)=O)C(O)C1OC(C)=O. The van der Waals surface area contributed by atoms with Gasteiger partial charge in [0.05, 0.1) is 0 Å². The molecule has 5 unspecified atom stereocenters. The molecule has 0 aromatic carbocycles.